The van der Waals surface area contributed by atoms with Crippen LogP contribution in [0.2, 0.25) is 0 Å². The number of aryl methyl sites for hydroxylation is 1. The number of alkyl halides is 1. The Hall–Kier alpha value is -0.390. The van der Waals surface area contributed by atoms with Crippen molar-refractivity contribution in [3.8, 4) is 0 Å². The maximum atomic E-state index is 12.3. The van der Waals surface area contributed by atoms with Crippen LogP contribution in [0.1, 0.15) is 24.8 Å². The van der Waals surface area contributed by atoms with Crippen molar-refractivity contribution >= 4 is 26.0 Å². The smallest absolute Gasteiger partial charge is 0.263 e. The van der Waals surface area contributed by atoms with Gasteiger partial charge in [-0.3, -0.25) is 4.18 Å². The van der Waals surface area contributed by atoms with E-state index in [9.17, 15) is 8.42 Å². The van der Waals surface area contributed by atoms with Crippen LogP contribution < -0.4 is 0 Å². The molecule has 4 atom stereocenters. The van der Waals surface area contributed by atoms with Crippen LogP contribution in [0.25, 0.3) is 0 Å². The third-order valence-electron chi connectivity index (χ3n) is 4.65. The van der Waals surface area contributed by atoms with E-state index >= 15 is 0 Å². The highest BCUT2D eigenvalue weighted by Gasteiger charge is 2.47. The van der Waals surface area contributed by atoms with Crippen LogP contribution >= 0.6 is 15.9 Å². The third-order valence-corrected chi connectivity index (χ3v) is 6.83. The quantitative estimate of drug-likeness (QED) is 0.610. The second-order valence-electron chi connectivity index (χ2n) is 6.05. The van der Waals surface area contributed by atoms with Crippen molar-refractivity contribution in [3.63, 3.8) is 0 Å². The highest BCUT2D eigenvalue weighted by molar-refractivity contribution is 9.09. The van der Waals surface area contributed by atoms with Crippen LogP contribution in [0, 0.1) is 24.7 Å². The Labute approximate surface area is 129 Å². The lowest BCUT2D eigenvalue weighted by Gasteiger charge is -2.27. The van der Waals surface area contributed by atoms with Gasteiger partial charge >= 0.3 is 0 Å². The molecule has 1 aromatic rings. The molecule has 0 unspecified atom stereocenters. The van der Waals surface area contributed by atoms with Gasteiger partial charge in [0.05, 0.1) is 11.0 Å². The highest BCUT2D eigenvalue weighted by Crippen LogP contribution is 2.50. The second-order valence-corrected chi connectivity index (χ2v) is 8.27. The third kappa shape index (κ3) is 2.68. The van der Waals surface area contributed by atoms with Crippen molar-refractivity contribution in [1.82, 2.24) is 0 Å². The molecule has 2 saturated carbocycles. The molecule has 5 heteroatoms. The average Bonchev–Trinajstić information content (AvgIpc) is 2.97. The van der Waals surface area contributed by atoms with Crippen molar-refractivity contribution < 1.29 is 12.6 Å². The lowest BCUT2D eigenvalue weighted by Crippen LogP contribution is -2.30. The second kappa shape index (κ2) is 5.43. The van der Waals surface area contributed by atoms with Crippen LogP contribution in [0.4, 0.5) is 0 Å². The maximum Gasteiger partial charge on any atom is 0.297 e. The zero-order valence-electron chi connectivity index (χ0n) is 11.5. The van der Waals surface area contributed by atoms with Crippen LogP contribution in [0.3, 0.4) is 0 Å². The first-order chi connectivity index (χ1) is 9.49. The zero-order valence-corrected chi connectivity index (χ0v) is 13.9. The number of hydrogen-bond donors (Lipinski definition) is 0. The summed E-state index contributed by atoms with van der Waals surface area (Å²) in [5.74, 6) is 1.59. The Morgan fingerprint density at radius 2 is 1.90 bits per heavy atom. The zero-order chi connectivity index (χ0) is 14.3. The molecule has 2 fully saturated rings. The molecule has 2 bridgehead atoms. The molecule has 1 aromatic carbocycles. The molecule has 0 N–H and O–H groups in total. The largest absolute Gasteiger partial charge is 0.297 e. The molecular weight excluding hydrogens is 340 g/mol. The lowest BCUT2D eigenvalue weighted by molar-refractivity contribution is 0.117. The first-order valence-corrected chi connectivity index (χ1v) is 9.58. The normalized spacial score (nSPS) is 32.7. The van der Waals surface area contributed by atoms with Crippen LogP contribution in [0.5, 0.6) is 0 Å². The summed E-state index contributed by atoms with van der Waals surface area (Å²) in [4.78, 5) is 0.265. The number of fused-ring (bicyclic) bond motifs is 2. The predicted molar refractivity (Wildman–Crippen MR) is 81.4 cm³/mol. The monoisotopic (exact) mass is 358 g/mol. The molecule has 2 aliphatic rings. The van der Waals surface area contributed by atoms with Gasteiger partial charge in [0.25, 0.3) is 10.1 Å². The number of hydrogen-bond acceptors (Lipinski definition) is 3. The minimum atomic E-state index is -3.63. The first kappa shape index (κ1) is 14.5. The molecule has 0 aromatic heterocycles. The standard InChI is InChI=1S/C15H19BrO3S/c1-10-2-4-13(5-3-10)20(17,18)19-15-8-11-6-12(9-16)14(15)7-11/h2-5,11-12,14-15H,6-9H2,1H3/t11-,12+,14+,15-/m1/s1. The number of halogens is 1. The van der Waals surface area contributed by atoms with Gasteiger partial charge in [-0.05, 0) is 56.1 Å². The van der Waals surface area contributed by atoms with Gasteiger partial charge in [0.15, 0.2) is 0 Å². The Morgan fingerprint density at radius 1 is 1.20 bits per heavy atom. The fourth-order valence-corrected chi connectivity index (χ4v) is 5.51. The molecule has 0 radical (unpaired) electrons. The lowest BCUT2D eigenvalue weighted by atomic mass is 9.88. The SMILES string of the molecule is Cc1ccc(S(=O)(=O)O[C@@H]2C[C@@H]3C[C@@H](CBr)[C@@H]2C3)cc1. The summed E-state index contributed by atoms with van der Waals surface area (Å²) in [7, 11) is -3.63. The van der Waals surface area contributed by atoms with E-state index in [0.29, 0.717) is 17.8 Å². The van der Waals surface area contributed by atoms with Gasteiger partial charge in [-0.2, -0.15) is 8.42 Å². The summed E-state index contributed by atoms with van der Waals surface area (Å²) < 4.78 is 30.2. The molecule has 20 heavy (non-hydrogen) atoms. The van der Waals surface area contributed by atoms with E-state index in [-0.39, 0.29) is 11.0 Å². The molecule has 110 valence electrons. The van der Waals surface area contributed by atoms with E-state index in [0.717, 1.165) is 23.7 Å². The minimum absolute atomic E-state index is 0.136. The minimum Gasteiger partial charge on any atom is -0.263 e. The van der Waals surface area contributed by atoms with Crippen LogP contribution in [-0.4, -0.2) is 19.9 Å². The van der Waals surface area contributed by atoms with Gasteiger partial charge in [0.1, 0.15) is 0 Å². The molecule has 0 heterocycles. The molecule has 0 amide bonds. The van der Waals surface area contributed by atoms with Gasteiger partial charge < -0.3 is 0 Å². The first-order valence-electron chi connectivity index (χ1n) is 7.05. The molecule has 2 aliphatic carbocycles. The van der Waals surface area contributed by atoms with Gasteiger partial charge in [0, 0.05) is 5.33 Å². The summed E-state index contributed by atoms with van der Waals surface area (Å²) in [6, 6.07) is 6.86. The van der Waals surface area contributed by atoms with E-state index in [1.165, 1.54) is 6.42 Å². The summed E-state index contributed by atoms with van der Waals surface area (Å²) in [6.45, 7) is 1.94. The molecule has 0 saturated heterocycles. The average molecular weight is 359 g/mol. The van der Waals surface area contributed by atoms with Crippen molar-refractivity contribution in [3.05, 3.63) is 29.8 Å². The van der Waals surface area contributed by atoms with Crippen LogP contribution in [-0.2, 0) is 14.3 Å². The summed E-state index contributed by atoms with van der Waals surface area (Å²) in [6.07, 6.45) is 3.08. The fourth-order valence-electron chi connectivity index (χ4n) is 3.64. The molecule has 0 spiro atoms. The van der Waals surface area contributed by atoms with Crippen molar-refractivity contribution in [2.24, 2.45) is 17.8 Å². The van der Waals surface area contributed by atoms with E-state index < -0.39 is 10.1 Å². The Morgan fingerprint density at radius 3 is 2.50 bits per heavy atom. The van der Waals surface area contributed by atoms with E-state index in [2.05, 4.69) is 15.9 Å². The van der Waals surface area contributed by atoms with Crippen molar-refractivity contribution in [2.45, 2.75) is 37.2 Å². The summed E-state index contributed by atoms with van der Waals surface area (Å²) >= 11 is 3.53. The Balaban J connectivity index is 1.76. The molecule has 0 aliphatic heterocycles. The fraction of sp³-hybridized carbons (Fsp3) is 0.600. The van der Waals surface area contributed by atoms with E-state index in [4.69, 9.17) is 4.18 Å². The van der Waals surface area contributed by atoms with Gasteiger partial charge in [-0.1, -0.05) is 33.6 Å². The Bertz CT molecular complexity index is 582. The van der Waals surface area contributed by atoms with Crippen molar-refractivity contribution in [2.75, 3.05) is 5.33 Å². The van der Waals surface area contributed by atoms with Gasteiger partial charge in [-0.25, -0.2) is 0 Å². The van der Waals surface area contributed by atoms with Gasteiger partial charge in [-0.15, -0.1) is 0 Å². The molecule has 3 nitrogen and oxygen atoms in total. The van der Waals surface area contributed by atoms with Crippen molar-refractivity contribution in [1.29, 1.82) is 0 Å². The predicted octanol–water partition coefficient (Wildman–Crippen LogP) is 3.51. The van der Waals surface area contributed by atoms with E-state index in [1.54, 1.807) is 24.3 Å². The maximum absolute atomic E-state index is 12.3. The van der Waals surface area contributed by atoms with Crippen LogP contribution in [0.15, 0.2) is 29.2 Å². The summed E-state index contributed by atoms with van der Waals surface area (Å²) in [5.41, 5.74) is 1.04. The van der Waals surface area contributed by atoms with Gasteiger partial charge in [0.2, 0.25) is 0 Å². The molecule has 3 rings (SSSR count). The molecular formula is C15H19BrO3S. The number of rotatable bonds is 4. The summed E-state index contributed by atoms with van der Waals surface area (Å²) in [5, 5.41) is 0.943. The Kier molecular flexibility index (Phi) is 3.95. The highest BCUT2D eigenvalue weighted by atomic mass is 79.9. The number of benzene rings is 1. The topological polar surface area (TPSA) is 43.4 Å². The van der Waals surface area contributed by atoms with E-state index in [1.807, 2.05) is 6.92 Å².